The van der Waals surface area contributed by atoms with E-state index in [-0.39, 0.29) is 0 Å². The van der Waals surface area contributed by atoms with Crippen LogP contribution in [0.25, 0.3) is 0 Å². The molecule has 3 aliphatic carbocycles. The van der Waals surface area contributed by atoms with Crippen molar-refractivity contribution in [2.45, 2.75) is 63.8 Å². The third kappa shape index (κ3) is 3.13. The van der Waals surface area contributed by atoms with Crippen molar-refractivity contribution in [1.29, 1.82) is 0 Å². The predicted octanol–water partition coefficient (Wildman–Crippen LogP) is 2.80. The highest BCUT2D eigenvalue weighted by molar-refractivity contribution is 5.77. The minimum Gasteiger partial charge on any atom is -0.339 e. The number of carbonyl (C=O) groups excluding carboxylic acids is 1. The fourth-order valence-corrected chi connectivity index (χ4v) is 5.17. The molecule has 1 saturated heterocycles. The minimum atomic E-state index is 0.487. The van der Waals surface area contributed by atoms with E-state index in [2.05, 4.69) is 10.2 Å². The second-order valence-corrected chi connectivity index (χ2v) is 8.13. The second kappa shape index (κ2) is 5.91. The van der Waals surface area contributed by atoms with Crippen molar-refractivity contribution in [2.24, 2.45) is 23.7 Å². The molecule has 4 unspecified atom stereocenters. The van der Waals surface area contributed by atoms with Gasteiger partial charge >= 0.3 is 0 Å². The van der Waals surface area contributed by atoms with E-state index >= 15 is 0 Å². The molecule has 1 amide bonds. The summed E-state index contributed by atoms with van der Waals surface area (Å²) in [5.74, 6) is 3.76. The Labute approximate surface area is 128 Å². The van der Waals surface area contributed by atoms with Crippen LogP contribution >= 0.6 is 0 Å². The fourth-order valence-electron chi connectivity index (χ4n) is 5.17. The molecule has 0 aromatic heterocycles. The summed E-state index contributed by atoms with van der Waals surface area (Å²) < 4.78 is 0. The van der Waals surface area contributed by atoms with Crippen molar-refractivity contribution in [3.8, 4) is 0 Å². The Hall–Kier alpha value is -0.570. The molecule has 3 saturated carbocycles. The Morgan fingerprint density at radius 1 is 1.10 bits per heavy atom. The first-order valence-electron chi connectivity index (χ1n) is 9.30. The molecule has 3 heteroatoms. The van der Waals surface area contributed by atoms with Gasteiger partial charge in [-0.25, -0.2) is 0 Å². The SMILES string of the molecule is O=C(CC1CC2CCC1C2)N(CC1CCCNC1)C1CC1. The average molecular weight is 290 g/mol. The lowest BCUT2D eigenvalue weighted by molar-refractivity contribution is -0.134. The van der Waals surface area contributed by atoms with Crippen molar-refractivity contribution in [3.05, 3.63) is 0 Å². The summed E-state index contributed by atoms with van der Waals surface area (Å²) in [7, 11) is 0. The molecule has 1 N–H and O–H groups in total. The van der Waals surface area contributed by atoms with Gasteiger partial charge in [0, 0.05) is 19.0 Å². The Morgan fingerprint density at radius 3 is 2.62 bits per heavy atom. The van der Waals surface area contributed by atoms with E-state index < -0.39 is 0 Å². The predicted molar refractivity (Wildman–Crippen MR) is 83.9 cm³/mol. The third-order valence-electron chi connectivity index (χ3n) is 6.48. The van der Waals surface area contributed by atoms with E-state index in [9.17, 15) is 4.79 Å². The highest BCUT2D eigenvalue weighted by Crippen LogP contribution is 2.49. The standard InChI is InChI=1S/C18H30N2O/c21-18(10-16-9-13-3-4-15(16)8-13)20(17-5-6-17)12-14-2-1-7-19-11-14/h13-17,19H,1-12H2. The average Bonchev–Trinajstić information content (AvgIpc) is 3.14. The summed E-state index contributed by atoms with van der Waals surface area (Å²) in [4.78, 5) is 15.1. The molecule has 3 nitrogen and oxygen atoms in total. The summed E-state index contributed by atoms with van der Waals surface area (Å²) in [5, 5.41) is 3.50. The van der Waals surface area contributed by atoms with E-state index in [1.54, 1.807) is 0 Å². The van der Waals surface area contributed by atoms with Gasteiger partial charge in [0.2, 0.25) is 5.91 Å². The Balaban J connectivity index is 1.33. The van der Waals surface area contributed by atoms with Gasteiger partial charge in [0.1, 0.15) is 0 Å². The van der Waals surface area contributed by atoms with Crippen molar-refractivity contribution in [2.75, 3.05) is 19.6 Å². The van der Waals surface area contributed by atoms with Crippen LogP contribution in [0.15, 0.2) is 0 Å². The lowest BCUT2D eigenvalue weighted by Gasteiger charge is -2.32. The maximum atomic E-state index is 12.8. The van der Waals surface area contributed by atoms with Crippen molar-refractivity contribution in [3.63, 3.8) is 0 Å². The molecular formula is C18H30N2O. The topological polar surface area (TPSA) is 32.3 Å². The molecule has 4 fully saturated rings. The van der Waals surface area contributed by atoms with Gasteiger partial charge in [-0.15, -0.1) is 0 Å². The Bertz CT molecular complexity index is 387. The van der Waals surface area contributed by atoms with Gasteiger partial charge in [0.25, 0.3) is 0 Å². The largest absolute Gasteiger partial charge is 0.339 e. The number of hydrogen-bond donors (Lipinski definition) is 1. The number of nitrogens with one attached hydrogen (secondary N) is 1. The smallest absolute Gasteiger partial charge is 0.223 e. The third-order valence-corrected chi connectivity index (χ3v) is 6.48. The molecule has 0 spiro atoms. The van der Waals surface area contributed by atoms with Gasteiger partial charge in [0.15, 0.2) is 0 Å². The van der Waals surface area contributed by atoms with Crippen LogP contribution in [0.2, 0.25) is 0 Å². The number of nitrogens with zero attached hydrogens (tertiary/aromatic N) is 1. The van der Waals surface area contributed by atoms with Gasteiger partial charge in [0.05, 0.1) is 0 Å². The summed E-state index contributed by atoms with van der Waals surface area (Å²) >= 11 is 0. The molecule has 2 bridgehead atoms. The molecule has 1 heterocycles. The minimum absolute atomic E-state index is 0.487. The lowest BCUT2D eigenvalue weighted by atomic mass is 9.86. The number of fused-ring (bicyclic) bond motifs is 2. The van der Waals surface area contributed by atoms with Crippen LogP contribution in [0.1, 0.15) is 57.8 Å². The quantitative estimate of drug-likeness (QED) is 0.844. The summed E-state index contributed by atoms with van der Waals surface area (Å²) in [6, 6.07) is 0.595. The van der Waals surface area contributed by atoms with Crippen LogP contribution in [0, 0.1) is 23.7 Å². The zero-order valence-electron chi connectivity index (χ0n) is 13.2. The Morgan fingerprint density at radius 2 is 2.00 bits per heavy atom. The lowest BCUT2D eigenvalue weighted by Crippen LogP contribution is -2.42. The van der Waals surface area contributed by atoms with Gasteiger partial charge in [-0.05, 0) is 81.7 Å². The summed E-state index contributed by atoms with van der Waals surface area (Å²) in [6.45, 7) is 3.31. The van der Waals surface area contributed by atoms with Gasteiger partial charge in [-0.2, -0.15) is 0 Å². The molecule has 0 aromatic rings. The van der Waals surface area contributed by atoms with E-state index in [0.29, 0.717) is 17.9 Å². The van der Waals surface area contributed by atoms with E-state index in [4.69, 9.17) is 0 Å². The number of hydrogen-bond acceptors (Lipinski definition) is 2. The number of amides is 1. The second-order valence-electron chi connectivity index (χ2n) is 8.13. The van der Waals surface area contributed by atoms with Crippen molar-refractivity contribution in [1.82, 2.24) is 10.2 Å². The fraction of sp³-hybridized carbons (Fsp3) is 0.944. The summed E-state index contributed by atoms with van der Waals surface area (Å²) in [5.41, 5.74) is 0. The van der Waals surface area contributed by atoms with Crippen molar-refractivity contribution < 1.29 is 4.79 Å². The van der Waals surface area contributed by atoms with Crippen LogP contribution in [0.4, 0.5) is 0 Å². The van der Waals surface area contributed by atoms with E-state index in [0.717, 1.165) is 37.3 Å². The maximum absolute atomic E-state index is 12.8. The number of rotatable bonds is 5. The van der Waals surface area contributed by atoms with Crippen LogP contribution in [-0.2, 0) is 4.79 Å². The maximum Gasteiger partial charge on any atom is 0.223 e. The highest BCUT2D eigenvalue weighted by atomic mass is 16.2. The van der Waals surface area contributed by atoms with E-state index in [1.165, 1.54) is 57.9 Å². The van der Waals surface area contributed by atoms with Crippen molar-refractivity contribution >= 4 is 5.91 Å². The molecule has 21 heavy (non-hydrogen) atoms. The molecule has 4 atom stereocenters. The number of carbonyl (C=O) groups is 1. The van der Waals surface area contributed by atoms with Crippen LogP contribution in [0.3, 0.4) is 0 Å². The molecule has 4 rings (SSSR count). The van der Waals surface area contributed by atoms with Gasteiger partial charge in [-0.1, -0.05) is 6.42 Å². The molecule has 4 aliphatic rings. The first-order valence-corrected chi connectivity index (χ1v) is 9.30. The Kier molecular flexibility index (Phi) is 3.95. The molecule has 0 aromatic carbocycles. The van der Waals surface area contributed by atoms with Crippen LogP contribution < -0.4 is 5.32 Å². The normalized spacial score (nSPS) is 38.7. The molecule has 1 aliphatic heterocycles. The zero-order chi connectivity index (χ0) is 14.2. The monoisotopic (exact) mass is 290 g/mol. The van der Waals surface area contributed by atoms with Crippen LogP contribution in [-0.4, -0.2) is 36.5 Å². The van der Waals surface area contributed by atoms with Gasteiger partial charge in [-0.3, -0.25) is 4.79 Å². The molecular weight excluding hydrogens is 260 g/mol. The first kappa shape index (κ1) is 14.0. The van der Waals surface area contributed by atoms with Gasteiger partial charge < -0.3 is 10.2 Å². The van der Waals surface area contributed by atoms with E-state index in [1.807, 2.05) is 0 Å². The van der Waals surface area contributed by atoms with Crippen LogP contribution in [0.5, 0.6) is 0 Å². The zero-order valence-corrected chi connectivity index (χ0v) is 13.2. The summed E-state index contributed by atoms with van der Waals surface area (Å²) in [6.07, 6.45) is 11.6. The molecule has 0 radical (unpaired) electrons. The number of piperidine rings is 1. The first-order chi connectivity index (χ1) is 10.3. The highest BCUT2D eigenvalue weighted by Gasteiger charge is 2.42. The molecule has 118 valence electrons.